The number of carbonyl (C=O) groups excluding carboxylic acids is 1. The Hall–Kier alpha value is -1.39. The Balaban J connectivity index is 2.13. The van der Waals surface area contributed by atoms with Gasteiger partial charge < -0.3 is 15.8 Å². The third kappa shape index (κ3) is 2.71. The predicted molar refractivity (Wildman–Crippen MR) is 69.9 cm³/mol. The lowest BCUT2D eigenvalue weighted by Gasteiger charge is -2.30. The van der Waals surface area contributed by atoms with Crippen LogP contribution < -0.4 is 11.1 Å². The Labute approximate surface area is 108 Å². The van der Waals surface area contributed by atoms with Crippen molar-refractivity contribution in [2.75, 3.05) is 20.3 Å². The molecule has 1 saturated carbocycles. The van der Waals surface area contributed by atoms with Crippen LogP contribution in [0.15, 0.2) is 30.3 Å². The van der Waals surface area contributed by atoms with Gasteiger partial charge in [0.25, 0.3) is 0 Å². The van der Waals surface area contributed by atoms with Gasteiger partial charge in [-0.2, -0.15) is 0 Å². The lowest BCUT2D eigenvalue weighted by molar-refractivity contribution is -0.127. The van der Waals surface area contributed by atoms with Crippen molar-refractivity contribution in [3.05, 3.63) is 35.9 Å². The number of primary amides is 1. The SMILES string of the molecule is CNC(COCC1CC1)(C(N)=O)c1ccccc1. The minimum Gasteiger partial charge on any atom is -0.378 e. The van der Waals surface area contributed by atoms with Crippen LogP contribution in [0.4, 0.5) is 0 Å². The van der Waals surface area contributed by atoms with Gasteiger partial charge in [0, 0.05) is 6.61 Å². The number of carbonyl (C=O) groups is 1. The summed E-state index contributed by atoms with van der Waals surface area (Å²) in [5.41, 5.74) is 5.47. The Morgan fingerprint density at radius 2 is 2.11 bits per heavy atom. The number of ether oxygens (including phenoxy) is 1. The zero-order valence-corrected chi connectivity index (χ0v) is 10.7. The Kier molecular flexibility index (Phi) is 3.99. The molecule has 1 atom stereocenters. The zero-order valence-electron chi connectivity index (χ0n) is 10.7. The molecule has 0 bridgehead atoms. The number of likely N-dealkylation sites (N-methyl/N-ethyl adjacent to an activating group) is 1. The van der Waals surface area contributed by atoms with Gasteiger partial charge in [0.2, 0.25) is 5.91 Å². The van der Waals surface area contributed by atoms with Crippen LogP contribution in [0.2, 0.25) is 0 Å². The number of amides is 1. The molecule has 0 saturated heterocycles. The maximum atomic E-state index is 11.8. The normalized spacial score (nSPS) is 18.3. The highest BCUT2D eigenvalue weighted by atomic mass is 16.5. The van der Waals surface area contributed by atoms with Crippen molar-refractivity contribution in [2.45, 2.75) is 18.4 Å². The molecule has 0 aromatic heterocycles. The fourth-order valence-electron chi connectivity index (χ4n) is 2.02. The molecule has 1 aromatic carbocycles. The lowest BCUT2D eigenvalue weighted by Crippen LogP contribution is -2.54. The van der Waals surface area contributed by atoms with Crippen LogP contribution in [0.5, 0.6) is 0 Å². The van der Waals surface area contributed by atoms with Crippen LogP contribution >= 0.6 is 0 Å². The molecule has 0 radical (unpaired) electrons. The van der Waals surface area contributed by atoms with Crippen molar-refractivity contribution in [3.63, 3.8) is 0 Å². The second kappa shape index (κ2) is 5.50. The number of hydrogen-bond acceptors (Lipinski definition) is 3. The number of nitrogens with one attached hydrogen (secondary N) is 1. The maximum Gasteiger partial charge on any atom is 0.244 e. The monoisotopic (exact) mass is 248 g/mol. The van der Waals surface area contributed by atoms with E-state index in [1.54, 1.807) is 7.05 Å². The van der Waals surface area contributed by atoms with Crippen LogP contribution in [0.1, 0.15) is 18.4 Å². The summed E-state index contributed by atoms with van der Waals surface area (Å²) in [4.78, 5) is 11.8. The predicted octanol–water partition coefficient (Wildman–Crippen LogP) is 1.01. The van der Waals surface area contributed by atoms with E-state index in [1.165, 1.54) is 12.8 Å². The molecule has 1 amide bonds. The van der Waals surface area contributed by atoms with Crippen molar-refractivity contribution in [3.8, 4) is 0 Å². The fourth-order valence-corrected chi connectivity index (χ4v) is 2.02. The summed E-state index contributed by atoms with van der Waals surface area (Å²) in [6.45, 7) is 0.989. The summed E-state index contributed by atoms with van der Waals surface area (Å²) in [7, 11) is 1.73. The highest BCUT2D eigenvalue weighted by molar-refractivity contribution is 5.86. The van der Waals surface area contributed by atoms with Crippen LogP contribution in [-0.4, -0.2) is 26.2 Å². The van der Waals surface area contributed by atoms with E-state index in [-0.39, 0.29) is 6.61 Å². The summed E-state index contributed by atoms with van der Waals surface area (Å²) in [5.74, 6) is 0.259. The molecule has 1 unspecified atom stereocenters. The first kappa shape index (κ1) is 13.1. The van der Waals surface area contributed by atoms with Crippen LogP contribution in [0.3, 0.4) is 0 Å². The van der Waals surface area contributed by atoms with Gasteiger partial charge in [-0.15, -0.1) is 0 Å². The largest absolute Gasteiger partial charge is 0.378 e. The lowest BCUT2D eigenvalue weighted by atomic mass is 9.90. The molecular formula is C14H20N2O2. The molecule has 1 fully saturated rings. The van der Waals surface area contributed by atoms with E-state index in [0.717, 1.165) is 5.56 Å². The minimum atomic E-state index is -0.934. The number of hydrogen-bond donors (Lipinski definition) is 2. The topological polar surface area (TPSA) is 64.3 Å². The maximum absolute atomic E-state index is 11.8. The minimum absolute atomic E-state index is 0.277. The van der Waals surface area contributed by atoms with Gasteiger partial charge in [-0.3, -0.25) is 4.79 Å². The molecule has 2 rings (SSSR count). The highest BCUT2D eigenvalue weighted by Gasteiger charge is 2.37. The van der Waals surface area contributed by atoms with E-state index >= 15 is 0 Å². The fraction of sp³-hybridized carbons (Fsp3) is 0.500. The Morgan fingerprint density at radius 1 is 1.44 bits per heavy atom. The molecule has 3 N–H and O–H groups in total. The van der Waals surface area contributed by atoms with Gasteiger partial charge >= 0.3 is 0 Å². The standard InChI is InChI=1S/C14H20N2O2/c1-16-14(13(15)17,10-18-9-11-7-8-11)12-5-3-2-4-6-12/h2-6,11,16H,7-10H2,1H3,(H2,15,17). The van der Waals surface area contributed by atoms with Gasteiger partial charge in [0.1, 0.15) is 5.54 Å². The van der Waals surface area contributed by atoms with Crippen LogP contribution in [-0.2, 0) is 15.1 Å². The van der Waals surface area contributed by atoms with Crippen molar-refractivity contribution < 1.29 is 9.53 Å². The second-order valence-electron chi connectivity index (χ2n) is 4.84. The molecule has 4 nitrogen and oxygen atoms in total. The summed E-state index contributed by atoms with van der Waals surface area (Å²) in [6, 6.07) is 9.48. The zero-order chi connectivity index (χ0) is 13.0. The average Bonchev–Trinajstić information content (AvgIpc) is 3.20. The molecular weight excluding hydrogens is 228 g/mol. The molecule has 4 heteroatoms. The molecule has 98 valence electrons. The highest BCUT2D eigenvalue weighted by Crippen LogP contribution is 2.30. The molecule has 18 heavy (non-hydrogen) atoms. The Morgan fingerprint density at radius 3 is 2.61 bits per heavy atom. The summed E-state index contributed by atoms with van der Waals surface area (Å²) >= 11 is 0. The average molecular weight is 248 g/mol. The molecule has 0 aliphatic heterocycles. The third-order valence-corrected chi connectivity index (χ3v) is 3.48. The van der Waals surface area contributed by atoms with Crippen molar-refractivity contribution in [1.82, 2.24) is 5.32 Å². The molecule has 1 aliphatic carbocycles. The van der Waals surface area contributed by atoms with E-state index in [9.17, 15) is 4.79 Å². The van der Waals surface area contributed by atoms with E-state index in [4.69, 9.17) is 10.5 Å². The number of nitrogens with two attached hydrogens (primary N) is 1. The first-order valence-corrected chi connectivity index (χ1v) is 6.31. The van der Waals surface area contributed by atoms with Gasteiger partial charge in [-0.05, 0) is 31.4 Å². The van der Waals surface area contributed by atoms with Crippen LogP contribution in [0.25, 0.3) is 0 Å². The first-order valence-electron chi connectivity index (χ1n) is 6.31. The van der Waals surface area contributed by atoms with E-state index in [2.05, 4.69) is 5.32 Å². The van der Waals surface area contributed by atoms with E-state index in [0.29, 0.717) is 12.5 Å². The van der Waals surface area contributed by atoms with Crippen LogP contribution in [0, 0.1) is 5.92 Å². The quantitative estimate of drug-likeness (QED) is 0.757. The van der Waals surface area contributed by atoms with Crippen molar-refractivity contribution in [2.24, 2.45) is 11.7 Å². The number of rotatable bonds is 7. The smallest absolute Gasteiger partial charge is 0.244 e. The Bertz CT molecular complexity index is 404. The van der Waals surface area contributed by atoms with Crippen molar-refractivity contribution >= 4 is 5.91 Å². The van der Waals surface area contributed by atoms with E-state index < -0.39 is 11.4 Å². The van der Waals surface area contributed by atoms with Gasteiger partial charge in [0.05, 0.1) is 6.61 Å². The third-order valence-electron chi connectivity index (χ3n) is 3.48. The summed E-state index contributed by atoms with van der Waals surface area (Å²) in [5, 5.41) is 3.03. The second-order valence-corrected chi connectivity index (χ2v) is 4.84. The molecule has 1 aliphatic rings. The molecule has 0 spiro atoms. The van der Waals surface area contributed by atoms with Crippen molar-refractivity contribution in [1.29, 1.82) is 0 Å². The van der Waals surface area contributed by atoms with Gasteiger partial charge in [-0.25, -0.2) is 0 Å². The first-order chi connectivity index (χ1) is 8.69. The molecule has 0 heterocycles. The summed E-state index contributed by atoms with van der Waals surface area (Å²) in [6.07, 6.45) is 2.46. The number of benzene rings is 1. The van der Waals surface area contributed by atoms with Gasteiger partial charge in [-0.1, -0.05) is 30.3 Å². The molecule has 1 aromatic rings. The van der Waals surface area contributed by atoms with E-state index in [1.807, 2.05) is 30.3 Å². The van der Waals surface area contributed by atoms with Gasteiger partial charge in [0.15, 0.2) is 0 Å². The summed E-state index contributed by atoms with van der Waals surface area (Å²) < 4.78 is 5.67.